The Labute approximate surface area is 82.2 Å². The van der Waals surface area contributed by atoms with Crippen LogP contribution in [0.3, 0.4) is 0 Å². The van der Waals surface area contributed by atoms with Crippen molar-refractivity contribution < 1.29 is 0 Å². The fourth-order valence-electron chi connectivity index (χ4n) is 1.48. The highest BCUT2D eigenvalue weighted by molar-refractivity contribution is 6.21. The predicted molar refractivity (Wildman–Crippen MR) is 53.1 cm³/mol. The summed E-state index contributed by atoms with van der Waals surface area (Å²) < 4.78 is 0. The second kappa shape index (κ2) is 3.64. The van der Waals surface area contributed by atoms with Gasteiger partial charge in [-0.15, -0.1) is 11.6 Å². The lowest BCUT2D eigenvalue weighted by Crippen LogP contribution is -2.39. The molecule has 1 aromatic carbocycles. The van der Waals surface area contributed by atoms with Crippen molar-refractivity contribution in [3.05, 3.63) is 35.9 Å². The van der Waals surface area contributed by atoms with E-state index < -0.39 is 0 Å². The van der Waals surface area contributed by atoms with Crippen LogP contribution in [-0.2, 0) is 0 Å². The summed E-state index contributed by atoms with van der Waals surface area (Å²) in [5.74, 6) is 0. The molecule has 1 aliphatic rings. The molecule has 4 N–H and O–H groups in total. The zero-order chi connectivity index (χ0) is 9.26. The summed E-state index contributed by atoms with van der Waals surface area (Å²) >= 11 is 6.11. The molecule has 3 unspecified atom stereocenters. The fourth-order valence-corrected chi connectivity index (χ4v) is 1.75. The first-order chi connectivity index (χ1) is 6.29. The Morgan fingerprint density at radius 3 is 2.38 bits per heavy atom. The van der Waals surface area contributed by atoms with E-state index in [4.69, 9.17) is 17.3 Å². The van der Waals surface area contributed by atoms with E-state index in [0.717, 1.165) is 5.56 Å². The van der Waals surface area contributed by atoms with Gasteiger partial charge in [-0.3, -0.25) is 0 Å². The first-order valence-electron chi connectivity index (χ1n) is 4.24. The van der Waals surface area contributed by atoms with Crippen molar-refractivity contribution in [3.63, 3.8) is 0 Å². The van der Waals surface area contributed by atoms with Gasteiger partial charge in [-0.05, 0) is 5.56 Å². The molecule has 3 nitrogen and oxygen atoms in total. The zero-order valence-electron chi connectivity index (χ0n) is 7.07. The molecule has 0 amide bonds. The maximum Gasteiger partial charge on any atom is 0.0864 e. The Morgan fingerprint density at radius 1 is 1.15 bits per heavy atom. The summed E-state index contributed by atoms with van der Waals surface area (Å²) in [5.41, 5.74) is 12.8. The summed E-state index contributed by atoms with van der Waals surface area (Å²) in [6.45, 7) is 0. The number of halogens is 1. The van der Waals surface area contributed by atoms with E-state index in [1.54, 1.807) is 0 Å². The third-order valence-corrected chi connectivity index (χ3v) is 2.75. The van der Waals surface area contributed by atoms with Gasteiger partial charge in [0.2, 0.25) is 0 Å². The lowest BCUT2D eigenvalue weighted by molar-refractivity contribution is 0.552. The van der Waals surface area contributed by atoms with E-state index in [1.165, 1.54) is 0 Å². The van der Waals surface area contributed by atoms with Crippen LogP contribution in [0, 0.1) is 0 Å². The molecular weight excluding hydrogens is 186 g/mol. The molecule has 1 aliphatic heterocycles. The lowest BCUT2D eigenvalue weighted by Gasteiger charge is -2.13. The molecule has 1 saturated heterocycles. The van der Waals surface area contributed by atoms with E-state index >= 15 is 0 Å². The average Bonchev–Trinajstić information content (AvgIpc) is 2.49. The van der Waals surface area contributed by atoms with E-state index in [0.29, 0.717) is 0 Å². The smallest absolute Gasteiger partial charge is 0.0864 e. The zero-order valence-corrected chi connectivity index (χ0v) is 7.83. The number of hydrogen-bond acceptors (Lipinski definition) is 3. The highest BCUT2D eigenvalue weighted by Crippen LogP contribution is 2.24. The van der Waals surface area contributed by atoms with Gasteiger partial charge in [-0.25, -0.2) is 10.9 Å². The molecular formula is C9H12ClN3. The minimum atomic E-state index is -0.188. The van der Waals surface area contributed by atoms with Gasteiger partial charge in [0.05, 0.1) is 17.6 Å². The van der Waals surface area contributed by atoms with Gasteiger partial charge >= 0.3 is 0 Å². The molecule has 3 atom stereocenters. The van der Waals surface area contributed by atoms with Crippen molar-refractivity contribution in [1.82, 2.24) is 10.9 Å². The molecule has 0 aliphatic carbocycles. The predicted octanol–water partition coefficient (Wildman–Crippen LogP) is 0.728. The van der Waals surface area contributed by atoms with Crippen molar-refractivity contribution in [2.75, 3.05) is 0 Å². The quantitative estimate of drug-likeness (QED) is 0.582. The Hall–Kier alpha value is -0.610. The third-order valence-electron chi connectivity index (χ3n) is 2.23. The van der Waals surface area contributed by atoms with E-state index in [2.05, 4.69) is 10.9 Å². The number of rotatable bonds is 1. The molecule has 1 aromatic rings. The van der Waals surface area contributed by atoms with Crippen molar-refractivity contribution in [1.29, 1.82) is 0 Å². The van der Waals surface area contributed by atoms with Gasteiger partial charge in [0.25, 0.3) is 0 Å². The number of hydrogen-bond donors (Lipinski definition) is 3. The van der Waals surface area contributed by atoms with Crippen molar-refractivity contribution in [2.24, 2.45) is 5.73 Å². The topological polar surface area (TPSA) is 50.1 Å². The SMILES string of the molecule is NC1NNC(c2ccccc2)C1Cl. The molecule has 0 radical (unpaired) electrons. The third kappa shape index (κ3) is 1.69. The van der Waals surface area contributed by atoms with Gasteiger partial charge in [0.1, 0.15) is 0 Å². The average molecular weight is 198 g/mol. The Balaban J connectivity index is 2.19. The van der Waals surface area contributed by atoms with Crippen molar-refractivity contribution in [3.8, 4) is 0 Å². The molecule has 0 aromatic heterocycles. The second-order valence-corrected chi connectivity index (χ2v) is 3.65. The lowest BCUT2D eigenvalue weighted by atomic mass is 10.0. The summed E-state index contributed by atoms with van der Waals surface area (Å²) in [7, 11) is 0. The Morgan fingerprint density at radius 2 is 1.85 bits per heavy atom. The standard InChI is InChI=1S/C9H12ClN3/c10-7-8(12-13-9(7)11)6-4-2-1-3-5-6/h1-5,7-9,12-13H,11H2. The molecule has 13 heavy (non-hydrogen) atoms. The van der Waals surface area contributed by atoms with Crippen LogP contribution in [0.25, 0.3) is 0 Å². The fraction of sp³-hybridized carbons (Fsp3) is 0.333. The summed E-state index contributed by atoms with van der Waals surface area (Å²) in [6.07, 6.45) is -0.188. The molecule has 4 heteroatoms. The van der Waals surface area contributed by atoms with Crippen LogP contribution in [-0.4, -0.2) is 11.5 Å². The Kier molecular flexibility index (Phi) is 2.51. The Bertz CT molecular complexity index is 277. The number of benzene rings is 1. The second-order valence-electron chi connectivity index (χ2n) is 3.15. The molecule has 1 fully saturated rings. The monoisotopic (exact) mass is 197 g/mol. The summed E-state index contributed by atoms with van der Waals surface area (Å²) in [6, 6.07) is 10.1. The maximum atomic E-state index is 6.11. The van der Waals surface area contributed by atoms with Crippen LogP contribution in [0.5, 0.6) is 0 Å². The van der Waals surface area contributed by atoms with Gasteiger partial charge < -0.3 is 5.73 Å². The largest absolute Gasteiger partial charge is 0.314 e. The van der Waals surface area contributed by atoms with Gasteiger partial charge in [0.15, 0.2) is 0 Å². The number of hydrazine groups is 1. The molecule has 70 valence electrons. The van der Waals surface area contributed by atoms with Crippen molar-refractivity contribution >= 4 is 11.6 Å². The highest BCUT2D eigenvalue weighted by atomic mass is 35.5. The highest BCUT2D eigenvalue weighted by Gasteiger charge is 2.32. The van der Waals surface area contributed by atoms with Crippen LogP contribution in [0.4, 0.5) is 0 Å². The van der Waals surface area contributed by atoms with Gasteiger partial charge in [-0.1, -0.05) is 30.3 Å². The summed E-state index contributed by atoms with van der Waals surface area (Å²) in [4.78, 5) is 0. The summed E-state index contributed by atoms with van der Waals surface area (Å²) in [5, 5.41) is -0.109. The minimum absolute atomic E-state index is 0.0952. The van der Waals surface area contributed by atoms with Crippen LogP contribution < -0.4 is 16.6 Å². The molecule has 0 bridgehead atoms. The molecule has 2 rings (SSSR count). The van der Waals surface area contributed by atoms with Crippen LogP contribution in [0.2, 0.25) is 0 Å². The van der Waals surface area contributed by atoms with E-state index in [9.17, 15) is 0 Å². The van der Waals surface area contributed by atoms with Crippen LogP contribution in [0.1, 0.15) is 11.6 Å². The van der Waals surface area contributed by atoms with E-state index in [-0.39, 0.29) is 17.6 Å². The van der Waals surface area contributed by atoms with Gasteiger partial charge in [0, 0.05) is 0 Å². The first kappa shape index (κ1) is 8.97. The normalized spacial score (nSPS) is 33.5. The molecule has 0 spiro atoms. The number of alkyl halides is 1. The van der Waals surface area contributed by atoms with Crippen LogP contribution >= 0.6 is 11.6 Å². The molecule has 1 heterocycles. The van der Waals surface area contributed by atoms with Crippen molar-refractivity contribution in [2.45, 2.75) is 17.6 Å². The first-order valence-corrected chi connectivity index (χ1v) is 4.68. The van der Waals surface area contributed by atoms with E-state index in [1.807, 2.05) is 30.3 Å². The minimum Gasteiger partial charge on any atom is -0.314 e. The maximum absolute atomic E-state index is 6.11. The van der Waals surface area contributed by atoms with Gasteiger partial charge in [-0.2, -0.15) is 0 Å². The number of nitrogens with two attached hydrogens (primary N) is 1. The van der Waals surface area contributed by atoms with Crippen LogP contribution in [0.15, 0.2) is 30.3 Å². The number of nitrogens with one attached hydrogen (secondary N) is 2. The molecule has 0 saturated carbocycles.